The van der Waals surface area contributed by atoms with Crippen LogP contribution in [0.2, 0.25) is 0 Å². The van der Waals surface area contributed by atoms with Crippen LogP contribution in [0, 0.1) is 5.82 Å². The van der Waals surface area contributed by atoms with Crippen molar-refractivity contribution in [1.29, 1.82) is 0 Å². The van der Waals surface area contributed by atoms with E-state index in [1.807, 2.05) is 11.8 Å². The monoisotopic (exact) mass is 232 g/mol. The Morgan fingerprint density at radius 3 is 1.88 bits per heavy atom. The van der Waals surface area contributed by atoms with Gasteiger partial charge in [-0.05, 0) is 35.1 Å². The van der Waals surface area contributed by atoms with E-state index < -0.39 is 0 Å². The van der Waals surface area contributed by atoms with Crippen LogP contribution >= 0.6 is 11.8 Å². The highest BCUT2D eigenvalue weighted by molar-refractivity contribution is 7.97. The highest BCUT2D eigenvalue weighted by atomic mass is 32.2. The first-order chi connectivity index (χ1) is 7.79. The number of benzene rings is 2. The predicted octanol–water partition coefficient (Wildman–Crippen LogP) is 4.36. The van der Waals surface area contributed by atoms with E-state index in [-0.39, 0.29) is 5.82 Å². The SMILES string of the molecule is CSCc1ccc(-c2ccc(F)cc2)cc1. The Morgan fingerprint density at radius 2 is 1.38 bits per heavy atom. The zero-order valence-electron chi connectivity index (χ0n) is 9.11. The van der Waals surface area contributed by atoms with E-state index in [1.165, 1.54) is 17.7 Å². The van der Waals surface area contributed by atoms with Crippen molar-refractivity contribution in [3.8, 4) is 11.1 Å². The van der Waals surface area contributed by atoms with Crippen LogP contribution in [-0.4, -0.2) is 6.26 Å². The van der Waals surface area contributed by atoms with Crippen molar-refractivity contribution in [1.82, 2.24) is 0 Å². The van der Waals surface area contributed by atoms with Gasteiger partial charge in [0.1, 0.15) is 5.82 Å². The van der Waals surface area contributed by atoms with Crippen LogP contribution < -0.4 is 0 Å². The number of hydrogen-bond donors (Lipinski definition) is 0. The second-order valence-corrected chi connectivity index (χ2v) is 4.50. The smallest absolute Gasteiger partial charge is 0.123 e. The lowest BCUT2D eigenvalue weighted by molar-refractivity contribution is 0.628. The van der Waals surface area contributed by atoms with Crippen LogP contribution in [0.5, 0.6) is 0 Å². The molecule has 0 atom stereocenters. The molecule has 0 amide bonds. The molecule has 0 saturated heterocycles. The van der Waals surface area contributed by atoms with Gasteiger partial charge in [-0.25, -0.2) is 4.39 Å². The van der Waals surface area contributed by atoms with Gasteiger partial charge in [-0.1, -0.05) is 36.4 Å². The molecule has 0 aliphatic rings. The summed E-state index contributed by atoms with van der Waals surface area (Å²) in [5.41, 5.74) is 3.50. The van der Waals surface area contributed by atoms with E-state index in [9.17, 15) is 4.39 Å². The van der Waals surface area contributed by atoms with Gasteiger partial charge >= 0.3 is 0 Å². The zero-order valence-corrected chi connectivity index (χ0v) is 9.93. The van der Waals surface area contributed by atoms with Crippen LogP contribution in [0.25, 0.3) is 11.1 Å². The van der Waals surface area contributed by atoms with Gasteiger partial charge in [0, 0.05) is 5.75 Å². The average molecular weight is 232 g/mol. The van der Waals surface area contributed by atoms with Crippen molar-refractivity contribution in [2.24, 2.45) is 0 Å². The zero-order chi connectivity index (χ0) is 11.4. The maximum absolute atomic E-state index is 12.8. The van der Waals surface area contributed by atoms with Crippen molar-refractivity contribution >= 4 is 11.8 Å². The third-order valence-electron chi connectivity index (χ3n) is 2.44. The van der Waals surface area contributed by atoms with E-state index in [0.717, 1.165) is 16.9 Å². The molecule has 0 spiro atoms. The molecule has 2 aromatic rings. The minimum atomic E-state index is -0.192. The summed E-state index contributed by atoms with van der Waals surface area (Å²) in [7, 11) is 0. The number of rotatable bonds is 3. The summed E-state index contributed by atoms with van der Waals surface area (Å²) in [6.07, 6.45) is 2.09. The molecule has 16 heavy (non-hydrogen) atoms. The fraction of sp³-hybridized carbons (Fsp3) is 0.143. The molecular weight excluding hydrogens is 219 g/mol. The summed E-state index contributed by atoms with van der Waals surface area (Å²) < 4.78 is 12.8. The highest BCUT2D eigenvalue weighted by Crippen LogP contribution is 2.21. The molecule has 2 heteroatoms. The Kier molecular flexibility index (Phi) is 3.62. The van der Waals surface area contributed by atoms with Crippen molar-refractivity contribution in [3.63, 3.8) is 0 Å². The van der Waals surface area contributed by atoms with Crippen LogP contribution in [0.3, 0.4) is 0 Å². The molecule has 0 aliphatic carbocycles. The summed E-state index contributed by atoms with van der Waals surface area (Å²) in [6, 6.07) is 15.0. The van der Waals surface area contributed by atoms with Crippen LogP contribution in [0.15, 0.2) is 48.5 Å². The third-order valence-corrected chi connectivity index (χ3v) is 3.06. The van der Waals surface area contributed by atoms with E-state index in [2.05, 4.69) is 30.5 Å². The van der Waals surface area contributed by atoms with E-state index in [0.29, 0.717) is 0 Å². The van der Waals surface area contributed by atoms with Crippen molar-refractivity contribution < 1.29 is 4.39 Å². The summed E-state index contributed by atoms with van der Waals surface area (Å²) in [6.45, 7) is 0. The summed E-state index contributed by atoms with van der Waals surface area (Å²) in [4.78, 5) is 0. The Balaban J connectivity index is 2.24. The Morgan fingerprint density at radius 1 is 0.875 bits per heavy atom. The van der Waals surface area contributed by atoms with Gasteiger partial charge in [-0.15, -0.1) is 0 Å². The lowest BCUT2D eigenvalue weighted by Crippen LogP contribution is -1.82. The maximum Gasteiger partial charge on any atom is 0.123 e. The highest BCUT2D eigenvalue weighted by Gasteiger charge is 1.98. The first-order valence-electron chi connectivity index (χ1n) is 5.13. The average Bonchev–Trinajstić information content (AvgIpc) is 2.32. The largest absolute Gasteiger partial charge is 0.207 e. The van der Waals surface area contributed by atoms with E-state index >= 15 is 0 Å². The van der Waals surface area contributed by atoms with Gasteiger partial charge in [0.05, 0.1) is 0 Å². The molecule has 0 fully saturated rings. The Bertz CT molecular complexity index is 445. The van der Waals surface area contributed by atoms with E-state index in [1.54, 1.807) is 12.1 Å². The normalized spacial score (nSPS) is 10.4. The molecule has 0 bridgehead atoms. The Labute approximate surface area is 99.5 Å². The predicted molar refractivity (Wildman–Crippen MR) is 69.1 cm³/mol. The number of thioether (sulfide) groups is 1. The molecule has 0 saturated carbocycles. The molecule has 0 radical (unpaired) electrons. The summed E-state index contributed by atoms with van der Waals surface area (Å²) in [5, 5.41) is 0. The topological polar surface area (TPSA) is 0 Å². The minimum Gasteiger partial charge on any atom is -0.207 e. The number of halogens is 1. The molecular formula is C14H13FS. The lowest BCUT2D eigenvalue weighted by Gasteiger charge is -2.03. The van der Waals surface area contributed by atoms with Crippen molar-refractivity contribution in [2.45, 2.75) is 5.75 Å². The first-order valence-corrected chi connectivity index (χ1v) is 6.53. The molecule has 0 aliphatic heterocycles. The second kappa shape index (κ2) is 5.17. The first kappa shape index (κ1) is 11.2. The van der Waals surface area contributed by atoms with Gasteiger partial charge < -0.3 is 0 Å². The van der Waals surface area contributed by atoms with Crippen molar-refractivity contribution in [3.05, 3.63) is 59.9 Å². The number of hydrogen-bond acceptors (Lipinski definition) is 1. The van der Waals surface area contributed by atoms with Crippen LogP contribution in [0.4, 0.5) is 4.39 Å². The summed E-state index contributed by atoms with van der Waals surface area (Å²) >= 11 is 1.81. The molecule has 0 N–H and O–H groups in total. The molecule has 0 aromatic heterocycles. The minimum absolute atomic E-state index is 0.192. The second-order valence-electron chi connectivity index (χ2n) is 3.64. The standard InChI is InChI=1S/C14H13FS/c1-16-10-11-2-4-12(5-3-11)13-6-8-14(15)9-7-13/h2-9H,10H2,1H3. The molecule has 0 heterocycles. The van der Waals surface area contributed by atoms with Gasteiger partial charge in [0.2, 0.25) is 0 Å². The van der Waals surface area contributed by atoms with E-state index in [4.69, 9.17) is 0 Å². The van der Waals surface area contributed by atoms with Crippen LogP contribution in [-0.2, 0) is 5.75 Å². The van der Waals surface area contributed by atoms with Crippen molar-refractivity contribution in [2.75, 3.05) is 6.26 Å². The summed E-state index contributed by atoms with van der Waals surface area (Å²) in [5.74, 6) is 0.840. The molecule has 2 rings (SSSR count). The lowest BCUT2D eigenvalue weighted by atomic mass is 10.0. The fourth-order valence-electron chi connectivity index (χ4n) is 1.60. The Hall–Kier alpha value is -1.28. The third kappa shape index (κ3) is 2.64. The van der Waals surface area contributed by atoms with Gasteiger partial charge in [0.25, 0.3) is 0 Å². The molecule has 0 nitrogen and oxygen atoms in total. The fourth-order valence-corrected chi connectivity index (χ4v) is 2.13. The maximum atomic E-state index is 12.8. The van der Waals surface area contributed by atoms with Gasteiger partial charge in [-0.2, -0.15) is 11.8 Å². The molecule has 82 valence electrons. The quantitative estimate of drug-likeness (QED) is 0.758. The van der Waals surface area contributed by atoms with Gasteiger partial charge in [-0.3, -0.25) is 0 Å². The van der Waals surface area contributed by atoms with Gasteiger partial charge in [0.15, 0.2) is 0 Å². The molecule has 0 unspecified atom stereocenters. The molecule has 2 aromatic carbocycles. The van der Waals surface area contributed by atoms with Crippen LogP contribution in [0.1, 0.15) is 5.56 Å².